The molecule has 0 aliphatic carbocycles. The first-order valence-corrected chi connectivity index (χ1v) is 7.08. The molecule has 2 aromatic carbocycles. The zero-order chi connectivity index (χ0) is 15.0. The number of nitrogen functional groups attached to an aromatic ring is 1. The van der Waals surface area contributed by atoms with Gasteiger partial charge in [-0.2, -0.15) is 0 Å². The van der Waals surface area contributed by atoms with Gasteiger partial charge < -0.3 is 5.73 Å². The van der Waals surface area contributed by atoms with Crippen molar-refractivity contribution < 1.29 is 9.18 Å². The summed E-state index contributed by atoms with van der Waals surface area (Å²) in [7, 11) is 0. The molecule has 0 saturated carbocycles. The van der Waals surface area contributed by atoms with E-state index in [1.807, 2.05) is 0 Å². The first-order valence-electron chi connectivity index (χ1n) is 6.26. The van der Waals surface area contributed by atoms with Crippen LogP contribution in [0.3, 0.4) is 0 Å². The van der Waals surface area contributed by atoms with Crippen molar-refractivity contribution in [3.63, 3.8) is 0 Å². The second-order valence-corrected chi connectivity index (χ2v) is 5.71. The lowest BCUT2D eigenvalue weighted by atomic mass is 10.1. The van der Waals surface area contributed by atoms with E-state index in [0.717, 1.165) is 15.8 Å². The first-order chi connectivity index (χ1) is 10.0. The number of aryl methyl sites for hydroxylation is 1. The number of nitrogens with one attached hydrogen (secondary N) is 1. The number of aromatic nitrogens is 1. The number of fused-ring (bicyclic) bond motifs is 1. The molecule has 4 nitrogen and oxygen atoms in total. The maximum Gasteiger partial charge on any atom is 0.260 e. The van der Waals surface area contributed by atoms with Gasteiger partial charge in [0.15, 0.2) is 5.13 Å². The highest BCUT2D eigenvalue weighted by atomic mass is 32.1. The van der Waals surface area contributed by atoms with Gasteiger partial charge >= 0.3 is 0 Å². The Kier molecular flexibility index (Phi) is 3.31. The van der Waals surface area contributed by atoms with Crippen LogP contribution in [0.15, 0.2) is 36.4 Å². The molecule has 3 aromatic rings. The van der Waals surface area contributed by atoms with Gasteiger partial charge in [0.05, 0.1) is 15.8 Å². The number of amides is 1. The quantitative estimate of drug-likeness (QED) is 0.711. The summed E-state index contributed by atoms with van der Waals surface area (Å²) in [6, 6.07) is 9.72. The Hall–Kier alpha value is -2.47. The lowest BCUT2D eigenvalue weighted by molar-refractivity contribution is 0.102. The molecule has 21 heavy (non-hydrogen) atoms. The van der Waals surface area contributed by atoms with Crippen molar-refractivity contribution in [2.24, 2.45) is 0 Å². The monoisotopic (exact) mass is 301 g/mol. The second-order valence-electron chi connectivity index (χ2n) is 4.68. The fraction of sp³-hybridized carbons (Fsp3) is 0.0667. The molecule has 0 bridgehead atoms. The Morgan fingerprint density at radius 3 is 2.90 bits per heavy atom. The SMILES string of the molecule is Cc1ccc(F)c(C(=O)Nc2nc3ccc(N)cc3s2)c1. The summed E-state index contributed by atoms with van der Waals surface area (Å²) in [6.45, 7) is 1.80. The predicted molar refractivity (Wildman–Crippen MR) is 83.1 cm³/mol. The van der Waals surface area contributed by atoms with E-state index in [-0.39, 0.29) is 5.56 Å². The third-order valence-electron chi connectivity index (χ3n) is 3.00. The molecule has 0 unspecified atom stereocenters. The maximum atomic E-state index is 13.7. The number of carbonyl (C=O) groups is 1. The normalized spacial score (nSPS) is 10.8. The number of nitrogens with two attached hydrogens (primary N) is 1. The van der Waals surface area contributed by atoms with Crippen LogP contribution in [0.2, 0.25) is 0 Å². The summed E-state index contributed by atoms with van der Waals surface area (Å²) in [4.78, 5) is 16.4. The van der Waals surface area contributed by atoms with E-state index in [9.17, 15) is 9.18 Å². The van der Waals surface area contributed by atoms with Gasteiger partial charge in [-0.1, -0.05) is 23.0 Å². The van der Waals surface area contributed by atoms with Crippen LogP contribution < -0.4 is 11.1 Å². The Balaban J connectivity index is 1.90. The molecular weight excluding hydrogens is 289 g/mol. The van der Waals surface area contributed by atoms with E-state index >= 15 is 0 Å². The van der Waals surface area contributed by atoms with Crippen LogP contribution >= 0.6 is 11.3 Å². The summed E-state index contributed by atoms with van der Waals surface area (Å²) >= 11 is 1.30. The maximum absolute atomic E-state index is 13.7. The van der Waals surface area contributed by atoms with E-state index in [4.69, 9.17) is 5.73 Å². The number of rotatable bonds is 2. The van der Waals surface area contributed by atoms with Crippen LogP contribution in [-0.2, 0) is 0 Å². The smallest absolute Gasteiger partial charge is 0.260 e. The third-order valence-corrected chi connectivity index (χ3v) is 3.93. The van der Waals surface area contributed by atoms with E-state index in [0.29, 0.717) is 10.8 Å². The van der Waals surface area contributed by atoms with Gasteiger partial charge in [0, 0.05) is 5.69 Å². The van der Waals surface area contributed by atoms with Crippen molar-refractivity contribution in [3.8, 4) is 0 Å². The molecule has 0 spiro atoms. The number of halogens is 1. The van der Waals surface area contributed by atoms with Gasteiger partial charge in [0.25, 0.3) is 5.91 Å². The lowest BCUT2D eigenvalue weighted by Gasteiger charge is -2.04. The zero-order valence-corrected chi connectivity index (χ0v) is 12.0. The highest BCUT2D eigenvalue weighted by molar-refractivity contribution is 7.22. The number of thiazole rings is 1. The summed E-state index contributed by atoms with van der Waals surface area (Å²) in [5, 5.41) is 3.04. The van der Waals surface area contributed by atoms with Gasteiger partial charge in [-0.15, -0.1) is 0 Å². The van der Waals surface area contributed by atoms with Crippen molar-refractivity contribution in [3.05, 3.63) is 53.3 Å². The van der Waals surface area contributed by atoms with Gasteiger partial charge in [0.1, 0.15) is 5.82 Å². The zero-order valence-electron chi connectivity index (χ0n) is 11.2. The average molecular weight is 301 g/mol. The highest BCUT2D eigenvalue weighted by Crippen LogP contribution is 2.28. The van der Waals surface area contributed by atoms with E-state index in [2.05, 4.69) is 10.3 Å². The number of nitrogens with zero attached hydrogens (tertiary/aromatic N) is 1. The third kappa shape index (κ3) is 2.71. The molecule has 106 valence electrons. The molecule has 1 aromatic heterocycles. The minimum Gasteiger partial charge on any atom is -0.399 e. The first kappa shape index (κ1) is 13.5. The number of carbonyl (C=O) groups excluding carboxylic acids is 1. The Morgan fingerprint density at radius 2 is 2.10 bits per heavy atom. The highest BCUT2D eigenvalue weighted by Gasteiger charge is 2.14. The second kappa shape index (κ2) is 5.14. The van der Waals surface area contributed by atoms with E-state index in [1.165, 1.54) is 23.5 Å². The molecule has 0 atom stereocenters. The van der Waals surface area contributed by atoms with Crippen molar-refractivity contribution in [2.45, 2.75) is 6.92 Å². The van der Waals surface area contributed by atoms with Crippen molar-refractivity contribution in [2.75, 3.05) is 11.1 Å². The van der Waals surface area contributed by atoms with Crippen molar-refractivity contribution in [1.82, 2.24) is 4.98 Å². The van der Waals surface area contributed by atoms with Crippen LogP contribution in [-0.4, -0.2) is 10.9 Å². The molecule has 6 heteroatoms. The summed E-state index contributed by atoms with van der Waals surface area (Å²) in [5.41, 5.74) is 7.91. The largest absolute Gasteiger partial charge is 0.399 e. The number of benzene rings is 2. The molecule has 0 aliphatic heterocycles. The summed E-state index contributed by atoms with van der Waals surface area (Å²) in [6.07, 6.45) is 0. The molecule has 0 radical (unpaired) electrons. The van der Waals surface area contributed by atoms with Crippen LogP contribution in [0.5, 0.6) is 0 Å². The molecule has 0 aliphatic rings. The molecule has 3 rings (SSSR count). The van der Waals surface area contributed by atoms with E-state index in [1.54, 1.807) is 31.2 Å². The topological polar surface area (TPSA) is 68.0 Å². The van der Waals surface area contributed by atoms with Crippen LogP contribution in [0.25, 0.3) is 10.2 Å². The molecular formula is C15H12FN3OS. The standard InChI is InChI=1S/C15H12FN3OS/c1-8-2-4-11(16)10(6-8)14(20)19-15-18-12-5-3-9(17)7-13(12)21-15/h2-7H,17H2,1H3,(H,18,19,20). The predicted octanol–water partition coefficient (Wildman–Crippen LogP) is 3.58. The number of hydrogen-bond donors (Lipinski definition) is 2. The van der Waals surface area contributed by atoms with Gasteiger partial charge in [-0.05, 0) is 37.3 Å². The summed E-state index contributed by atoms with van der Waals surface area (Å²) < 4.78 is 14.6. The molecule has 1 heterocycles. The van der Waals surface area contributed by atoms with Crippen LogP contribution in [0.4, 0.5) is 15.2 Å². The molecule has 0 saturated heterocycles. The van der Waals surface area contributed by atoms with Crippen molar-refractivity contribution in [1.29, 1.82) is 0 Å². The fourth-order valence-electron chi connectivity index (χ4n) is 1.97. The molecule has 1 amide bonds. The Labute approximate surface area is 124 Å². The van der Waals surface area contributed by atoms with Gasteiger partial charge in [0.2, 0.25) is 0 Å². The van der Waals surface area contributed by atoms with Gasteiger partial charge in [-0.25, -0.2) is 9.37 Å². The average Bonchev–Trinajstić information content (AvgIpc) is 2.82. The van der Waals surface area contributed by atoms with E-state index < -0.39 is 11.7 Å². The Bertz CT molecular complexity index is 844. The summed E-state index contributed by atoms with van der Waals surface area (Å²) in [5.74, 6) is -1.06. The minimum atomic E-state index is -0.552. The Morgan fingerprint density at radius 1 is 1.29 bits per heavy atom. The van der Waals surface area contributed by atoms with Gasteiger partial charge in [-0.3, -0.25) is 10.1 Å². The van der Waals surface area contributed by atoms with Crippen molar-refractivity contribution >= 4 is 38.3 Å². The van der Waals surface area contributed by atoms with Crippen LogP contribution in [0.1, 0.15) is 15.9 Å². The molecule has 3 N–H and O–H groups in total. The lowest BCUT2D eigenvalue weighted by Crippen LogP contribution is -2.13. The number of hydrogen-bond acceptors (Lipinski definition) is 4. The fourth-order valence-corrected chi connectivity index (χ4v) is 2.88. The number of anilines is 2. The minimum absolute atomic E-state index is 0.00812. The molecule has 0 fully saturated rings. The van der Waals surface area contributed by atoms with Crippen LogP contribution in [0, 0.1) is 12.7 Å².